The van der Waals surface area contributed by atoms with Gasteiger partial charge in [-0.25, -0.2) is 0 Å². The smallest absolute Gasteiger partial charge is 0.125 e. The van der Waals surface area contributed by atoms with Gasteiger partial charge in [0.25, 0.3) is 0 Å². The van der Waals surface area contributed by atoms with E-state index in [9.17, 15) is 0 Å². The van der Waals surface area contributed by atoms with E-state index in [0.29, 0.717) is 12.5 Å². The minimum Gasteiger partial charge on any atom is -0.496 e. The van der Waals surface area contributed by atoms with Crippen molar-refractivity contribution in [2.75, 3.05) is 7.11 Å². The van der Waals surface area contributed by atoms with Crippen molar-refractivity contribution in [1.29, 1.82) is 0 Å². The summed E-state index contributed by atoms with van der Waals surface area (Å²) in [6, 6.07) is 15.6. The van der Waals surface area contributed by atoms with Gasteiger partial charge in [0.05, 0.1) is 13.0 Å². The summed E-state index contributed by atoms with van der Waals surface area (Å²) in [5, 5.41) is 0. The fourth-order valence-corrected chi connectivity index (χ4v) is 1.95. The molecule has 0 atom stereocenters. The van der Waals surface area contributed by atoms with E-state index in [1.54, 1.807) is 7.11 Å². The zero-order chi connectivity index (χ0) is 12.8. The SMILES string of the molecule is COc1ccccc1COc1ccccc1CCl. The Morgan fingerprint density at radius 3 is 2.17 bits per heavy atom. The molecule has 0 unspecified atom stereocenters. The van der Waals surface area contributed by atoms with Crippen molar-refractivity contribution >= 4 is 11.6 Å². The first-order valence-corrected chi connectivity index (χ1v) is 6.27. The maximum atomic E-state index is 5.87. The van der Waals surface area contributed by atoms with Gasteiger partial charge in [-0.1, -0.05) is 36.4 Å². The Bertz CT molecular complexity index is 464. The van der Waals surface area contributed by atoms with E-state index in [1.807, 2.05) is 48.5 Å². The molecule has 2 aromatic rings. The van der Waals surface area contributed by atoms with Crippen molar-refractivity contribution in [3.63, 3.8) is 0 Å². The van der Waals surface area contributed by atoms with Crippen LogP contribution in [0.15, 0.2) is 48.5 Å². The summed E-state index contributed by atoms with van der Waals surface area (Å²) < 4.78 is 11.1. The van der Waals surface area contributed by atoms with E-state index in [-0.39, 0.29) is 0 Å². The third kappa shape index (κ3) is 2.96. The second kappa shape index (κ2) is 6.31. The van der Waals surface area contributed by atoms with Crippen LogP contribution in [0.1, 0.15) is 11.1 Å². The van der Waals surface area contributed by atoms with Gasteiger partial charge in [-0.3, -0.25) is 0 Å². The fourth-order valence-electron chi connectivity index (χ4n) is 1.73. The molecule has 0 bridgehead atoms. The van der Waals surface area contributed by atoms with Crippen LogP contribution in [0.25, 0.3) is 0 Å². The van der Waals surface area contributed by atoms with E-state index in [2.05, 4.69) is 0 Å². The molecule has 0 spiro atoms. The summed E-state index contributed by atoms with van der Waals surface area (Å²) in [6.45, 7) is 0.470. The first-order chi connectivity index (χ1) is 8.85. The Labute approximate surface area is 112 Å². The summed E-state index contributed by atoms with van der Waals surface area (Å²) in [5.41, 5.74) is 2.01. The summed E-state index contributed by atoms with van der Waals surface area (Å²) in [5.74, 6) is 2.10. The predicted molar refractivity (Wildman–Crippen MR) is 73.3 cm³/mol. The Kier molecular flexibility index (Phi) is 4.48. The van der Waals surface area contributed by atoms with E-state index in [1.165, 1.54) is 0 Å². The summed E-state index contributed by atoms with van der Waals surface area (Å²) in [7, 11) is 1.66. The highest BCUT2D eigenvalue weighted by atomic mass is 35.5. The third-order valence-electron chi connectivity index (χ3n) is 2.69. The van der Waals surface area contributed by atoms with Crippen LogP contribution in [0.3, 0.4) is 0 Å². The number of rotatable bonds is 5. The maximum Gasteiger partial charge on any atom is 0.125 e. The lowest BCUT2D eigenvalue weighted by Gasteiger charge is -2.12. The van der Waals surface area contributed by atoms with E-state index < -0.39 is 0 Å². The summed E-state index contributed by atoms with van der Waals surface area (Å²) in [6.07, 6.45) is 0. The first-order valence-electron chi connectivity index (χ1n) is 5.73. The van der Waals surface area contributed by atoms with Crippen molar-refractivity contribution in [2.24, 2.45) is 0 Å². The Morgan fingerprint density at radius 2 is 1.50 bits per heavy atom. The Morgan fingerprint density at radius 1 is 0.889 bits per heavy atom. The highest BCUT2D eigenvalue weighted by Gasteiger charge is 2.05. The molecule has 0 aromatic heterocycles. The van der Waals surface area contributed by atoms with E-state index in [4.69, 9.17) is 21.1 Å². The lowest BCUT2D eigenvalue weighted by molar-refractivity contribution is 0.294. The van der Waals surface area contributed by atoms with Crippen LogP contribution in [-0.2, 0) is 12.5 Å². The molecule has 0 N–H and O–H groups in total. The molecule has 2 aromatic carbocycles. The van der Waals surface area contributed by atoms with Crippen molar-refractivity contribution in [1.82, 2.24) is 0 Å². The molecule has 0 aliphatic rings. The van der Waals surface area contributed by atoms with Gasteiger partial charge in [0, 0.05) is 11.1 Å². The molecule has 0 fully saturated rings. The second-order valence-electron chi connectivity index (χ2n) is 3.84. The van der Waals surface area contributed by atoms with Gasteiger partial charge in [-0.15, -0.1) is 11.6 Å². The Hall–Kier alpha value is -1.67. The number of para-hydroxylation sites is 2. The second-order valence-corrected chi connectivity index (χ2v) is 4.11. The number of ether oxygens (including phenoxy) is 2. The molecule has 94 valence electrons. The lowest BCUT2D eigenvalue weighted by atomic mass is 10.2. The average Bonchev–Trinajstić information content (AvgIpc) is 2.45. The van der Waals surface area contributed by atoms with Crippen LogP contribution in [-0.4, -0.2) is 7.11 Å². The lowest BCUT2D eigenvalue weighted by Crippen LogP contribution is -2.00. The average molecular weight is 263 g/mol. The zero-order valence-corrected chi connectivity index (χ0v) is 11.0. The van der Waals surface area contributed by atoms with Crippen LogP contribution in [0.2, 0.25) is 0 Å². The molecular formula is C15H15ClO2. The highest BCUT2D eigenvalue weighted by molar-refractivity contribution is 6.17. The molecule has 0 saturated carbocycles. The minimum absolute atomic E-state index is 0.447. The monoisotopic (exact) mass is 262 g/mol. The van der Waals surface area contributed by atoms with E-state index >= 15 is 0 Å². The number of methoxy groups -OCH3 is 1. The molecule has 18 heavy (non-hydrogen) atoms. The van der Waals surface area contributed by atoms with Crippen LogP contribution in [0.4, 0.5) is 0 Å². The molecule has 0 aliphatic heterocycles. The van der Waals surface area contributed by atoms with Gasteiger partial charge in [0.1, 0.15) is 18.1 Å². The maximum absolute atomic E-state index is 5.87. The normalized spacial score (nSPS) is 10.1. The van der Waals surface area contributed by atoms with E-state index in [0.717, 1.165) is 22.6 Å². The minimum atomic E-state index is 0.447. The quantitative estimate of drug-likeness (QED) is 0.758. The molecule has 0 heterocycles. The Balaban J connectivity index is 2.11. The van der Waals surface area contributed by atoms with Gasteiger partial charge in [-0.05, 0) is 12.1 Å². The van der Waals surface area contributed by atoms with Gasteiger partial charge in [0.2, 0.25) is 0 Å². The van der Waals surface area contributed by atoms with Crippen molar-refractivity contribution < 1.29 is 9.47 Å². The summed E-state index contributed by atoms with van der Waals surface area (Å²) in [4.78, 5) is 0. The highest BCUT2D eigenvalue weighted by Crippen LogP contribution is 2.23. The molecule has 0 saturated heterocycles. The number of benzene rings is 2. The molecule has 0 amide bonds. The van der Waals surface area contributed by atoms with Crippen LogP contribution < -0.4 is 9.47 Å². The number of alkyl halides is 1. The van der Waals surface area contributed by atoms with Gasteiger partial charge in [-0.2, -0.15) is 0 Å². The molecule has 2 rings (SSSR count). The first kappa shape index (κ1) is 12.8. The number of halogens is 1. The molecule has 3 heteroatoms. The van der Waals surface area contributed by atoms with Crippen molar-refractivity contribution in [3.05, 3.63) is 59.7 Å². The predicted octanol–water partition coefficient (Wildman–Crippen LogP) is 4.01. The van der Waals surface area contributed by atoms with Gasteiger partial charge in [0.15, 0.2) is 0 Å². The fraction of sp³-hybridized carbons (Fsp3) is 0.200. The van der Waals surface area contributed by atoms with Gasteiger partial charge < -0.3 is 9.47 Å². The van der Waals surface area contributed by atoms with Crippen molar-refractivity contribution in [2.45, 2.75) is 12.5 Å². The standard InChI is InChI=1S/C15H15ClO2/c1-17-14-8-4-3-7-13(14)11-18-15-9-5-2-6-12(15)10-16/h2-9H,10-11H2,1H3. The summed E-state index contributed by atoms with van der Waals surface area (Å²) >= 11 is 5.87. The molecular weight excluding hydrogens is 248 g/mol. The topological polar surface area (TPSA) is 18.5 Å². The third-order valence-corrected chi connectivity index (χ3v) is 2.98. The largest absolute Gasteiger partial charge is 0.496 e. The van der Waals surface area contributed by atoms with Crippen molar-refractivity contribution in [3.8, 4) is 11.5 Å². The van der Waals surface area contributed by atoms with Crippen LogP contribution in [0, 0.1) is 0 Å². The van der Waals surface area contributed by atoms with Gasteiger partial charge >= 0.3 is 0 Å². The zero-order valence-electron chi connectivity index (χ0n) is 10.2. The number of hydrogen-bond donors (Lipinski definition) is 0. The van der Waals surface area contributed by atoms with Crippen LogP contribution in [0.5, 0.6) is 11.5 Å². The number of hydrogen-bond acceptors (Lipinski definition) is 2. The molecule has 0 aliphatic carbocycles. The molecule has 2 nitrogen and oxygen atoms in total. The molecule has 0 radical (unpaired) electrons. The van der Waals surface area contributed by atoms with Crippen LogP contribution >= 0.6 is 11.6 Å².